The number of hydrogen-bond acceptors (Lipinski definition) is 2. The fraction of sp³-hybridized carbons (Fsp3) is 0.143. The molecule has 0 spiro atoms. The summed E-state index contributed by atoms with van der Waals surface area (Å²) in [6.07, 6.45) is 0. The lowest BCUT2D eigenvalue weighted by Crippen LogP contribution is -2.01. The molecule has 2 nitrogen and oxygen atoms in total. The molecular weight excluding hydrogens is 217 g/mol. The Bertz CT molecular complexity index is 485. The van der Waals surface area contributed by atoms with Gasteiger partial charge < -0.3 is 10.1 Å². The average molecular weight is 231 g/mol. The zero-order valence-corrected chi connectivity index (χ0v) is 9.61. The monoisotopic (exact) mass is 231 g/mol. The molecule has 88 valence electrons. The third-order valence-electron chi connectivity index (χ3n) is 2.50. The second-order valence-electron chi connectivity index (χ2n) is 3.68. The molecule has 0 saturated heterocycles. The molecule has 2 aromatic carbocycles. The first-order valence-electron chi connectivity index (χ1n) is 5.41. The second-order valence-corrected chi connectivity index (χ2v) is 3.68. The van der Waals surface area contributed by atoms with Gasteiger partial charge in [-0.15, -0.1) is 0 Å². The van der Waals surface area contributed by atoms with Crippen molar-refractivity contribution in [1.29, 1.82) is 0 Å². The van der Waals surface area contributed by atoms with Gasteiger partial charge >= 0.3 is 0 Å². The number of nitrogens with one attached hydrogen (secondary N) is 1. The molecule has 0 aliphatic carbocycles. The fourth-order valence-corrected chi connectivity index (χ4v) is 1.56. The van der Waals surface area contributed by atoms with Crippen LogP contribution in [0.2, 0.25) is 0 Å². The van der Waals surface area contributed by atoms with E-state index in [1.807, 2.05) is 30.3 Å². The highest BCUT2D eigenvalue weighted by Gasteiger charge is 2.03. The first kappa shape index (κ1) is 11.5. The van der Waals surface area contributed by atoms with E-state index in [0.717, 1.165) is 5.56 Å². The number of halogens is 1. The smallest absolute Gasteiger partial charge is 0.149 e. The summed E-state index contributed by atoms with van der Waals surface area (Å²) in [4.78, 5) is 0. The number of ether oxygens (including phenoxy) is 1. The summed E-state index contributed by atoms with van der Waals surface area (Å²) in [6.45, 7) is 0.601. The lowest BCUT2D eigenvalue weighted by Gasteiger charge is -2.08. The van der Waals surface area contributed by atoms with Gasteiger partial charge in [-0.25, -0.2) is 4.39 Å². The summed E-state index contributed by atoms with van der Waals surface area (Å²) < 4.78 is 18.5. The zero-order chi connectivity index (χ0) is 12.1. The van der Waals surface area contributed by atoms with E-state index < -0.39 is 0 Å². The Hall–Kier alpha value is -2.03. The summed E-state index contributed by atoms with van der Waals surface area (Å²) in [5.41, 5.74) is 1.59. The van der Waals surface area contributed by atoms with Crippen molar-refractivity contribution in [3.63, 3.8) is 0 Å². The Morgan fingerprint density at radius 1 is 1.12 bits per heavy atom. The summed E-state index contributed by atoms with van der Waals surface area (Å²) in [6, 6.07) is 14.6. The van der Waals surface area contributed by atoms with Gasteiger partial charge in [-0.05, 0) is 17.7 Å². The Morgan fingerprint density at radius 2 is 1.88 bits per heavy atom. The fourth-order valence-electron chi connectivity index (χ4n) is 1.56. The maximum absolute atomic E-state index is 13.6. The van der Waals surface area contributed by atoms with Crippen LogP contribution in [0.25, 0.3) is 0 Å². The molecule has 1 N–H and O–H groups in total. The van der Waals surface area contributed by atoms with Gasteiger partial charge in [-0.2, -0.15) is 0 Å². The molecule has 0 radical (unpaired) electrons. The minimum Gasteiger partial charge on any atom is -0.497 e. The molecule has 0 aliphatic rings. The minimum atomic E-state index is -0.305. The van der Waals surface area contributed by atoms with Crippen molar-refractivity contribution in [2.75, 3.05) is 12.4 Å². The van der Waals surface area contributed by atoms with Crippen molar-refractivity contribution in [2.24, 2.45) is 0 Å². The quantitative estimate of drug-likeness (QED) is 0.870. The first-order chi connectivity index (χ1) is 8.29. The zero-order valence-electron chi connectivity index (χ0n) is 9.61. The first-order valence-corrected chi connectivity index (χ1v) is 5.41. The molecule has 0 unspecified atom stereocenters. The Morgan fingerprint density at radius 3 is 2.53 bits per heavy atom. The van der Waals surface area contributed by atoms with E-state index in [2.05, 4.69) is 5.32 Å². The lowest BCUT2D eigenvalue weighted by molar-refractivity contribution is 0.411. The topological polar surface area (TPSA) is 21.3 Å². The summed E-state index contributed by atoms with van der Waals surface area (Å²) in [5, 5.41) is 3.05. The predicted octanol–water partition coefficient (Wildman–Crippen LogP) is 3.45. The van der Waals surface area contributed by atoms with Crippen molar-refractivity contribution >= 4 is 5.69 Å². The van der Waals surface area contributed by atoms with Crippen molar-refractivity contribution in [1.82, 2.24) is 0 Å². The maximum Gasteiger partial charge on any atom is 0.149 e. The van der Waals surface area contributed by atoms with Crippen LogP contribution in [0.1, 0.15) is 5.56 Å². The molecule has 0 amide bonds. The van der Waals surface area contributed by atoms with Crippen LogP contribution in [0.15, 0.2) is 48.5 Å². The van der Waals surface area contributed by atoms with Crippen LogP contribution in [0.4, 0.5) is 10.1 Å². The van der Waals surface area contributed by atoms with Crippen molar-refractivity contribution < 1.29 is 9.13 Å². The summed E-state index contributed by atoms with van der Waals surface area (Å²) >= 11 is 0. The van der Waals surface area contributed by atoms with E-state index in [-0.39, 0.29) is 5.82 Å². The molecule has 2 rings (SSSR count). The molecule has 2 aromatic rings. The standard InChI is InChI=1S/C14H14FNO/c1-17-12-7-8-14(13(15)9-12)16-10-11-5-3-2-4-6-11/h2-9,16H,10H2,1H3. The van der Waals surface area contributed by atoms with E-state index in [1.165, 1.54) is 13.2 Å². The Balaban J connectivity index is 2.04. The van der Waals surface area contributed by atoms with E-state index in [4.69, 9.17) is 4.74 Å². The van der Waals surface area contributed by atoms with Crippen molar-refractivity contribution in [3.8, 4) is 5.75 Å². The number of hydrogen-bond donors (Lipinski definition) is 1. The lowest BCUT2D eigenvalue weighted by atomic mass is 10.2. The number of anilines is 1. The van der Waals surface area contributed by atoms with Gasteiger partial charge in [0.1, 0.15) is 11.6 Å². The van der Waals surface area contributed by atoms with Crippen LogP contribution in [0.5, 0.6) is 5.75 Å². The van der Waals surface area contributed by atoms with Gasteiger partial charge in [-0.3, -0.25) is 0 Å². The molecule has 0 atom stereocenters. The van der Waals surface area contributed by atoms with Crippen LogP contribution in [0.3, 0.4) is 0 Å². The SMILES string of the molecule is COc1ccc(NCc2ccccc2)c(F)c1. The van der Waals surface area contributed by atoms with Crippen LogP contribution >= 0.6 is 0 Å². The molecule has 17 heavy (non-hydrogen) atoms. The number of rotatable bonds is 4. The third kappa shape index (κ3) is 2.97. The highest BCUT2D eigenvalue weighted by molar-refractivity contribution is 5.48. The van der Waals surface area contributed by atoms with Crippen LogP contribution < -0.4 is 10.1 Å². The predicted molar refractivity (Wildman–Crippen MR) is 66.7 cm³/mol. The molecular formula is C14H14FNO. The number of methoxy groups -OCH3 is 1. The van der Waals surface area contributed by atoms with Crippen LogP contribution in [0, 0.1) is 5.82 Å². The van der Waals surface area contributed by atoms with E-state index >= 15 is 0 Å². The van der Waals surface area contributed by atoms with E-state index in [9.17, 15) is 4.39 Å². The summed E-state index contributed by atoms with van der Waals surface area (Å²) in [7, 11) is 1.52. The maximum atomic E-state index is 13.6. The highest BCUT2D eigenvalue weighted by atomic mass is 19.1. The van der Waals surface area contributed by atoms with Gasteiger partial charge in [0.2, 0.25) is 0 Å². The molecule has 0 aromatic heterocycles. The minimum absolute atomic E-state index is 0.305. The average Bonchev–Trinajstić information content (AvgIpc) is 2.38. The molecule has 3 heteroatoms. The second kappa shape index (κ2) is 5.34. The third-order valence-corrected chi connectivity index (χ3v) is 2.50. The van der Waals surface area contributed by atoms with Crippen molar-refractivity contribution in [3.05, 3.63) is 59.9 Å². The molecule has 0 bridgehead atoms. The summed E-state index contributed by atoms with van der Waals surface area (Å²) in [5.74, 6) is 0.216. The molecule has 0 aliphatic heterocycles. The van der Waals surface area contributed by atoms with Crippen molar-refractivity contribution in [2.45, 2.75) is 6.54 Å². The molecule has 0 saturated carbocycles. The van der Waals surface area contributed by atoms with E-state index in [1.54, 1.807) is 12.1 Å². The normalized spacial score (nSPS) is 10.0. The van der Waals surface area contributed by atoms with Gasteiger partial charge in [0.25, 0.3) is 0 Å². The molecule has 0 heterocycles. The van der Waals surface area contributed by atoms with Gasteiger partial charge in [0.05, 0.1) is 12.8 Å². The Kier molecular flexibility index (Phi) is 3.60. The van der Waals surface area contributed by atoms with Crippen LogP contribution in [-0.2, 0) is 6.54 Å². The largest absolute Gasteiger partial charge is 0.497 e. The Labute approximate surface area is 100 Å². The molecule has 0 fully saturated rings. The van der Waals surface area contributed by atoms with E-state index in [0.29, 0.717) is 18.0 Å². The number of benzene rings is 2. The highest BCUT2D eigenvalue weighted by Crippen LogP contribution is 2.20. The van der Waals surface area contributed by atoms with Gasteiger partial charge in [-0.1, -0.05) is 30.3 Å². The van der Waals surface area contributed by atoms with Gasteiger partial charge in [0, 0.05) is 12.6 Å². The van der Waals surface area contributed by atoms with Gasteiger partial charge in [0.15, 0.2) is 0 Å². The van der Waals surface area contributed by atoms with Crippen LogP contribution in [-0.4, -0.2) is 7.11 Å².